The number of rotatable bonds is 8. The Morgan fingerprint density at radius 3 is 2.36 bits per heavy atom. The summed E-state index contributed by atoms with van der Waals surface area (Å²) in [5, 5.41) is 4.99. The van der Waals surface area contributed by atoms with Gasteiger partial charge in [0, 0.05) is 32.2 Å². The first kappa shape index (κ1) is 32.8. The molecule has 2 atom stereocenters. The molecule has 0 aliphatic heterocycles. The van der Waals surface area contributed by atoms with Gasteiger partial charge in [0.15, 0.2) is 0 Å². The molecule has 0 fully saturated rings. The molecule has 2 N–H and O–H groups in total. The van der Waals surface area contributed by atoms with Gasteiger partial charge in [-0.3, -0.25) is 4.79 Å². The Morgan fingerprint density at radius 2 is 1.76 bits per heavy atom. The number of imidazole rings is 1. The van der Waals surface area contributed by atoms with E-state index in [9.17, 15) is 13.4 Å². The van der Waals surface area contributed by atoms with Gasteiger partial charge in [-0.15, -0.1) is 0 Å². The van der Waals surface area contributed by atoms with Gasteiger partial charge in [-0.25, -0.2) is 18.7 Å². The lowest BCUT2D eigenvalue weighted by atomic mass is 9.91. The van der Waals surface area contributed by atoms with Crippen LogP contribution in [-0.2, 0) is 47.0 Å². The number of carbonyl (C=O) groups excluding carboxylic acids is 1. The van der Waals surface area contributed by atoms with Gasteiger partial charge in [0.1, 0.15) is 22.6 Å². The molecule has 0 bridgehead atoms. The smallest absolute Gasteiger partial charge is 0.230 e. The lowest BCUT2D eigenvalue weighted by Crippen LogP contribution is -2.33. The maximum Gasteiger partial charge on any atom is 0.230 e. The Kier molecular flexibility index (Phi) is 13.1. The number of anilines is 1. The summed E-state index contributed by atoms with van der Waals surface area (Å²) in [6.45, 7) is 4.44. The summed E-state index contributed by atoms with van der Waals surface area (Å²) in [5.41, 5.74) is 4.72. The van der Waals surface area contributed by atoms with Crippen molar-refractivity contribution in [2.45, 2.75) is 63.5 Å². The molecule has 0 saturated carbocycles. The van der Waals surface area contributed by atoms with Gasteiger partial charge in [-0.1, -0.05) is 56.3 Å². The van der Waals surface area contributed by atoms with E-state index in [4.69, 9.17) is 9.88 Å². The average Bonchev–Trinajstić information content (AvgIpc) is 3.44. The Morgan fingerprint density at radius 1 is 1.05 bits per heavy atom. The summed E-state index contributed by atoms with van der Waals surface area (Å²) in [6.07, 6.45) is 8.35. The second-order valence-electron chi connectivity index (χ2n) is 9.69. The molecular weight excluding hydrogens is 551 g/mol. The van der Waals surface area contributed by atoms with E-state index in [0.717, 1.165) is 36.0 Å². The van der Waals surface area contributed by atoms with Gasteiger partial charge in [-0.05, 0) is 72.7 Å². The quantitative estimate of drug-likeness (QED) is 0.255. The number of hydrogen-bond acceptors (Lipinski definition) is 4. The Labute approximate surface area is 251 Å². The average molecular weight is 593 g/mol. The highest BCUT2D eigenvalue weighted by Gasteiger charge is 2.24. The van der Waals surface area contributed by atoms with Crippen LogP contribution in [0.4, 0.5) is 10.1 Å². The number of benzene rings is 3. The number of aromatic nitrogens is 2. The van der Waals surface area contributed by atoms with Crippen LogP contribution in [0.5, 0.6) is 0 Å². The molecule has 1 aliphatic carbocycles. The normalized spacial score (nSPS) is 13.4. The maximum atomic E-state index is 13.5. The molecule has 1 aromatic heterocycles. The molecule has 4 aromatic rings. The minimum Gasteiger partial charge on any atom is -0.376 e. The highest BCUT2D eigenvalue weighted by atomic mass is 32.2. The zero-order valence-corrected chi connectivity index (χ0v) is 25.6. The van der Waals surface area contributed by atoms with Gasteiger partial charge < -0.3 is 14.2 Å². The number of halogens is 1. The van der Waals surface area contributed by atoms with Gasteiger partial charge in [0.05, 0.1) is 24.0 Å². The third-order valence-electron chi connectivity index (χ3n) is 7.01. The van der Waals surface area contributed by atoms with Crippen molar-refractivity contribution in [3.8, 4) is 0 Å². The predicted octanol–water partition coefficient (Wildman–Crippen LogP) is 6.44. The van der Waals surface area contributed by atoms with Crippen molar-refractivity contribution in [2.24, 2.45) is 12.2 Å². The van der Waals surface area contributed by atoms with Crippen LogP contribution >= 0.6 is 0 Å². The molecule has 42 heavy (non-hydrogen) atoms. The summed E-state index contributed by atoms with van der Waals surface area (Å²) in [7, 11) is 2.04. The number of amides is 1. The minimum absolute atomic E-state index is 0.0319. The van der Waals surface area contributed by atoms with Crippen molar-refractivity contribution in [2.75, 3.05) is 12.0 Å². The number of nitrogens with zero attached hydrogens (tertiary/aromatic N) is 3. The summed E-state index contributed by atoms with van der Waals surface area (Å²) < 4.78 is 30.5. The second kappa shape index (κ2) is 16.7. The number of carbonyl (C=O) groups is 1. The zero-order valence-electron chi connectivity index (χ0n) is 24.8. The SMILES string of the molecule is CC.COC(CC(=O)N(Cc1nccn1C)c1ccc2c(c1)CCCC2)c1ccccc1.NS(=O)c1cccc(F)c1. The van der Waals surface area contributed by atoms with Crippen LogP contribution in [0.1, 0.15) is 61.7 Å². The summed E-state index contributed by atoms with van der Waals surface area (Å²) in [6, 6.07) is 21.8. The van der Waals surface area contributed by atoms with Crippen molar-refractivity contribution in [3.63, 3.8) is 0 Å². The number of hydrogen-bond donors (Lipinski definition) is 1. The maximum absolute atomic E-state index is 13.5. The molecule has 1 aliphatic rings. The first-order chi connectivity index (χ1) is 20.4. The molecule has 2 unspecified atom stereocenters. The van der Waals surface area contributed by atoms with Crippen LogP contribution in [0.25, 0.3) is 0 Å². The summed E-state index contributed by atoms with van der Waals surface area (Å²) in [5.74, 6) is 0.468. The molecule has 0 radical (unpaired) electrons. The third-order valence-corrected chi connectivity index (χ3v) is 7.73. The van der Waals surface area contributed by atoms with Gasteiger partial charge >= 0.3 is 0 Å². The van der Waals surface area contributed by atoms with Crippen LogP contribution in [-0.4, -0.2) is 26.8 Å². The first-order valence-corrected chi connectivity index (χ1v) is 15.4. The van der Waals surface area contributed by atoms with Crippen LogP contribution in [0.15, 0.2) is 90.1 Å². The molecule has 7 nitrogen and oxygen atoms in total. The van der Waals surface area contributed by atoms with Gasteiger partial charge in [-0.2, -0.15) is 0 Å². The molecule has 224 valence electrons. The topological polar surface area (TPSA) is 90.4 Å². The fourth-order valence-corrected chi connectivity index (χ4v) is 5.21. The lowest BCUT2D eigenvalue weighted by Gasteiger charge is -2.27. The number of fused-ring (bicyclic) bond motifs is 1. The fourth-order valence-electron chi connectivity index (χ4n) is 4.77. The number of ether oxygens (including phenoxy) is 1. The monoisotopic (exact) mass is 592 g/mol. The molecule has 5 rings (SSSR count). The van der Waals surface area contributed by atoms with E-state index in [1.165, 1.54) is 42.2 Å². The van der Waals surface area contributed by atoms with Crippen molar-refractivity contribution < 1.29 is 18.1 Å². The van der Waals surface area contributed by atoms with E-state index in [0.29, 0.717) is 11.4 Å². The van der Waals surface area contributed by atoms with Crippen LogP contribution in [0, 0.1) is 5.82 Å². The molecule has 9 heteroatoms. The minimum atomic E-state index is -1.58. The van der Waals surface area contributed by atoms with Crippen molar-refractivity contribution in [1.29, 1.82) is 0 Å². The predicted molar refractivity (Wildman–Crippen MR) is 167 cm³/mol. The Hall–Kier alpha value is -3.66. The van der Waals surface area contributed by atoms with E-state index in [-0.39, 0.29) is 18.4 Å². The Balaban J connectivity index is 0.000000340. The third kappa shape index (κ3) is 9.17. The molecule has 1 amide bonds. The van der Waals surface area contributed by atoms with Crippen molar-refractivity contribution in [3.05, 3.63) is 114 Å². The number of nitrogens with two attached hydrogens (primary N) is 1. The molecule has 0 spiro atoms. The largest absolute Gasteiger partial charge is 0.376 e. The first-order valence-electron chi connectivity index (χ1n) is 14.2. The molecule has 3 aromatic carbocycles. The van der Waals surface area contributed by atoms with Gasteiger partial charge in [0.25, 0.3) is 0 Å². The second-order valence-corrected chi connectivity index (χ2v) is 10.8. The van der Waals surface area contributed by atoms with E-state index in [1.807, 2.05) is 66.9 Å². The lowest BCUT2D eigenvalue weighted by molar-refractivity contribution is -0.121. The van der Waals surface area contributed by atoms with Crippen LogP contribution in [0.3, 0.4) is 0 Å². The Bertz CT molecular complexity index is 1440. The van der Waals surface area contributed by atoms with E-state index < -0.39 is 16.8 Å². The van der Waals surface area contributed by atoms with E-state index in [1.54, 1.807) is 13.3 Å². The van der Waals surface area contributed by atoms with E-state index in [2.05, 4.69) is 23.2 Å². The van der Waals surface area contributed by atoms with Gasteiger partial charge in [0.2, 0.25) is 5.91 Å². The standard InChI is InChI=1S/C25H29N3O2.C6H6FNOS.C2H6/c1-27-15-14-26-24(27)18-28(22-13-12-19-8-6-7-11-21(19)16-22)25(29)17-23(30-2)20-9-4-3-5-10-20;7-5-2-1-3-6(4-5)10(8)9;1-2/h3-5,9-10,12-16,23H,6-8,11,17-18H2,1-2H3;1-4H,8H2;1-2H3. The van der Waals surface area contributed by atoms with Crippen LogP contribution < -0.4 is 10.0 Å². The molecular formula is C33H41FN4O3S. The molecule has 0 saturated heterocycles. The molecule has 1 heterocycles. The van der Waals surface area contributed by atoms with Crippen molar-refractivity contribution >= 4 is 22.6 Å². The van der Waals surface area contributed by atoms with Crippen molar-refractivity contribution in [1.82, 2.24) is 9.55 Å². The number of aryl methyl sites for hydroxylation is 3. The van der Waals surface area contributed by atoms with E-state index >= 15 is 0 Å². The summed E-state index contributed by atoms with van der Waals surface area (Å²) >= 11 is 0. The highest BCUT2D eigenvalue weighted by Crippen LogP contribution is 2.29. The fraction of sp³-hybridized carbons (Fsp3) is 0.333. The summed E-state index contributed by atoms with van der Waals surface area (Å²) in [4.78, 5) is 20.1. The number of methoxy groups -OCH3 is 1. The highest BCUT2D eigenvalue weighted by molar-refractivity contribution is 7.82. The van der Waals surface area contributed by atoms with Crippen LogP contribution in [0.2, 0.25) is 0 Å². The zero-order chi connectivity index (χ0) is 30.5.